The van der Waals surface area contributed by atoms with Gasteiger partial charge in [-0.2, -0.15) is 10.2 Å². The third-order valence-corrected chi connectivity index (χ3v) is 3.95. The van der Waals surface area contributed by atoms with Gasteiger partial charge >= 0.3 is 0 Å². The molecule has 126 valence electrons. The SMILES string of the molecule is Cc1c([C@H](C)Nc2cnn(CC(C)C)c2)cnn1-c1ccccn1. The molecular weight excluding hydrogens is 300 g/mol. The van der Waals surface area contributed by atoms with Crippen molar-refractivity contribution in [1.29, 1.82) is 0 Å². The van der Waals surface area contributed by atoms with Crippen molar-refractivity contribution in [3.63, 3.8) is 0 Å². The Labute approximate surface area is 142 Å². The summed E-state index contributed by atoms with van der Waals surface area (Å²) in [7, 11) is 0. The van der Waals surface area contributed by atoms with Gasteiger partial charge in [0.1, 0.15) is 0 Å². The van der Waals surface area contributed by atoms with Crippen LogP contribution in [0.25, 0.3) is 5.82 Å². The minimum Gasteiger partial charge on any atom is -0.376 e. The number of rotatable bonds is 6. The maximum absolute atomic E-state index is 4.49. The Morgan fingerprint density at radius 3 is 2.67 bits per heavy atom. The lowest BCUT2D eigenvalue weighted by molar-refractivity contribution is 0.483. The Balaban J connectivity index is 1.75. The molecule has 0 amide bonds. The first-order valence-corrected chi connectivity index (χ1v) is 8.29. The van der Waals surface area contributed by atoms with E-state index in [0.717, 1.165) is 29.3 Å². The quantitative estimate of drug-likeness (QED) is 0.752. The maximum atomic E-state index is 4.49. The van der Waals surface area contributed by atoms with Crippen LogP contribution >= 0.6 is 0 Å². The van der Waals surface area contributed by atoms with Crippen LogP contribution in [-0.2, 0) is 6.54 Å². The van der Waals surface area contributed by atoms with Gasteiger partial charge in [-0.3, -0.25) is 4.68 Å². The molecule has 0 aliphatic carbocycles. The molecule has 0 unspecified atom stereocenters. The summed E-state index contributed by atoms with van der Waals surface area (Å²) in [5.41, 5.74) is 3.26. The molecule has 1 N–H and O–H groups in total. The van der Waals surface area contributed by atoms with E-state index in [4.69, 9.17) is 0 Å². The third-order valence-electron chi connectivity index (χ3n) is 3.95. The first-order valence-electron chi connectivity index (χ1n) is 8.29. The molecular formula is C18H24N6. The average Bonchev–Trinajstić information content (AvgIpc) is 3.14. The first-order chi connectivity index (χ1) is 11.5. The number of anilines is 1. The lowest BCUT2D eigenvalue weighted by atomic mass is 10.1. The van der Waals surface area contributed by atoms with Crippen molar-refractivity contribution in [2.75, 3.05) is 5.32 Å². The normalized spacial score (nSPS) is 12.5. The van der Waals surface area contributed by atoms with Gasteiger partial charge < -0.3 is 5.32 Å². The molecule has 0 bridgehead atoms. The zero-order chi connectivity index (χ0) is 17.1. The maximum Gasteiger partial charge on any atom is 0.153 e. The predicted molar refractivity (Wildman–Crippen MR) is 95.2 cm³/mol. The van der Waals surface area contributed by atoms with E-state index in [-0.39, 0.29) is 6.04 Å². The van der Waals surface area contributed by atoms with Crippen LogP contribution < -0.4 is 5.32 Å². The fourth-order valence-electron chi connectivity index (χ4n) is 2.80. The van der Waals surface area contributed by atoms with E-state index in [1.807, 2.05) is 40.0 Å². The highest BCUT2D eigenvalue weighted by Gasteiger charge is 2.15. The lowest BCUT2D eigenvalue weighted by Crippen LogP contribution is -2.08. The van der Waals surface area contributed by atoms with Crippen LogP contribution in [0.4, 0.5) is 5.69 Å². The largest absolute Gasteiger partial charge is 0.376 e. The van der Waals surface area contributed by atoms with Crippen LogP contribution in [0.2, 0.25) is 0 Å². The number of nitrogens with zero attached hydrogens (tertiary/aromatic N) is 5. The molecule has 24 heavy (non-hydrogen) atoms. The molecule has 0 spiro atoms. The van der Waals surface area contributed by atoms with Crippen molar-refractivity contribution in [1.82, 2.24) is 24.5 Å². The molecule has 0 radical (unpaired) electrons. The van der Waals surface area contributed by atoms with Gasteiger partial charge in [-0.15, -0.1) is 0 Å². The average molecular weight is 324 g/mol. The van der Waals surface area contributed by atoms with Crippen LogP contribution in [0.3, 0.4) is 0 Å². The van der Waals surface area contributed by atoms with Crippen LogP contribution in [0.5, 0.6) is 0 Å². The lowest BCUT2D eigenvalue weighted by Gasteiger charge is -2.13. The van der Waals surface area contributed by atoms with Gasteiger partial charge in [0, 0.05) is 30.2 Å². The molecule has 0 saturated heterocycles. The predicted octanol–water partition coefficient (Wildman–Crippen LogP) is 3.60. The Hall–Kier alpha value is -2.63. The summed E-state index contributed by atoms with van der Waals surface area (Å²) in [4.78, 5) is 4.36. The molecule has 3 rings (SSSR count). The number of pyridine rings is 1. The van der Waals surface area contributed by atoms with Gasteiger partial charge in [0.25, 0.3) is 0 Å². The van der Waals surface area contributed by atoms with E-state index in [9.17, 15) is 0 Å². The minimum atomic E-state index is 0.138. The Morgan fingerprint density at radius 2 is 1.96 bits per heavy atom. The number of hydrogen-bond acceptors (Lipinski definition) is 4. The summed E-state index contributed by atoms with van der Waals surface area (Å²) < 4.78 is 3.85. The second kappa shape index (κ2) is 6.86. The van der Waals surface area contributed by atoms with Gasteiger partial charge in [0.05, 0.1) is 24.1 Å². The fourth-order valence-corrected chi connectivity index (χ4v) is 2.80. The summed E-state index contributed by atoms with van der Waals surface area (Å²) in [5.74, 6) is 1.41. The van der Waals surface area contributed by atoms with Crippen molar-refractivity contribution in [3.8, 4) is 5.82 Å². The van der Waals surface area contributed by atoms with E-state index in [0.29, 0.717) is 5.92 Å². The summed E-state index contributed by atoms with van der Waals surface area (Å²) in [6.07, 6.45) is 7.60. The van der Waals surface area contributed by atoms with Crippen molar-refractivity contribution in [2.45, 2.75) is 40.3 Å². The zero-order valence-corrected chi connectivity index (χ0v) is 14.6. The van der Waals surface area contributed by atoms with E-state index in [2.05, 4.69) is 54.4 Å². The van der Waals surface area contributed by atoms with Crippen molar-refractivity contribution >= 4 is 5.69 Å². The number of nitrogens with one attached hydrogen (secondary N) is 1. The van der Waals surface area contributed by atoms with E-state index >= 15 is 0 Å². The molecule has 0 aromatic carbocycles. The van der Waals surface area contributed by atoms with Gasteiger partial charge in [0.15, 0.2) is 5.82 Å². The van der Waals surface area contributed by atoms with Crippen LogP contribution in [0.15, 0.2) is 43.0 Å². The number of aromatic nitrogens is 5. The molecule has 6 nitrogen and oxygen atoms in total. The molecule has 0 saturated carbocycles. The molecule has 3 aromatic rings. The molecule has 1 atom stereocenters. The van der Waals surface area contributed by atoms with E-state index in [1.54, 1.807) is 6.20 Å². The van der Waals surface area contributed by atoms with Crippen molar-refractivity contribution in [2.24, 2.45) is 5.92 Å². The topological polar surface area (TPSA) is 60.6 Å². The molecule has 0 aliphatic rings. The summed E-state index contributed by atoms with van der Waals surface area (Å²) in [6.45, 7) is 9.50. The van der Waals surface area contributed by atoms with Gasteiger partial charge in [-0.1, -0.05) is 19.9 Å². The summed E-state index contributed by atoms with van der Waals surface area (Å²) >= 11 is 0. The molecule has 3 aromatic heterocycles. The second-order valence-electron chi connectivity index (χ2n) is 6.50. The fraction of sp³-hybridized carbons (Fsp3) is 0.389. The summed E-state index contributed by atoms with van der Waals surface area (Å²) in [5, 5.41) is 12.4. The zero-order valence-electron chi connectivity index (χ0n) is 14.6. The summed E-state index contributed by atoms with van der Waals surface area (Å²) in [6, 6.07) is 5.97. The van der Waals surface area contributed by atoms with E-state index < -0.39 is 0 Å². The Bertz CT molecular complexity index is 787. The van der Waals surface area contributed by atoms with E-state index in [1.165, 1.54) is 0 Å². The molecule has 0 aliphatic heterocycles. The molecule has 0 fully saturated rings. The third kappa shape index (κ3) is 3.48. The number of hydrogen-bond donors (Lipinski definition) is 1. The van der Waals surface area contributed by atoms with Gasteiger partial charge in [-0.05, 0) is 31.9 Å². The van der Waals surface area contributed by atoms with Gasteiger partial charge in [-0.25, -0.2) is 9.67 Å². The highest BCUT2D eigenvalue weighted by atomic mass is 15.3. The molecule has 3 heterocycles. The molecule has 6 heteroatoms. The van der Waals surface area contributed by atoms with Crippen LogP contribution in [-0.4, -0.2) is 24.5 Å². The Kier molecular flexibility index (Phi) is 4.64. The van der Waals surface area contributed by atoms with Crippen molar-refractivity contribution < 1.29 is 0 Å². The van der Waals surface area contributed by atoms with Crippen LogP contribution in [0.1, 0.15) is 38.1 Å². The highest BCUT2D eigenvalue weighted by molar-refractivity contribution is 5.42. The standard InChI is InChI=1S/C18H24N6/c1-13(2)11-23-12-16(9-20-23)22-14(3)17-10-21-24(15(17)4)18-7-5-6-8-19-18/h5-10,12-14,22H,11H2,1-4H3/t14-/m0/s1. The Morgan fingerprint density at radius 1 is 1.12 bits per heavy atom. The minimum absolute atomic E-state index is 0.138. The highest BCUT2D eigenvalue weighted by Crippen LogP contribution is 2.23. The smallest absolute Gasteiger partial charge is 0.153 e. The monoisotopic (exact) mass is 324 g/mol. The van der Waals surface area contributed by atoms with Gasteiger partial charge in [0.2, 0.25) is 0 Å². The van der Waals surface area contributed by atoms with Crippen molar-refractivity contribution in [3.05, 3.63) is 54.2 Å². The van der Waals surface area contributed by atoms with Crippen LogP contribution in [0, 0.1) is 12.8 Å². The second-order valence-corrected chi connectivity index (χ2v) is 6.50. The first kappa shape index (κ1) is 16.2.